The maximum absolute atomic E-state index is 5.89. The van der Waals surface area contributed by atoms with Crippen molar-refractivity contribution in [2.24, 2.45) is 4.99 Å². The number of hydrogen-bond acceptors (Lipinski definition) is 2. The molecule has 0 aliphatic rings. The Morgan fingerprint density at radius 2 is 1.74 bits per heavy atom. The summed E-state index contributed by atoms with van der Waals surface area (Å²) in [6.45, 7) is 4.02. The summed E-state index contributed by atoms with van der Waals surface area (Å²) < 4.78 is 5.51. The number of aliphatic imine (C=N–C) groups is 1. The van der Waals surface area contributed by atoms with E-state index in [1.807, 2.05) is 49.4 Å². The number of nitrogens with one attached hydrogen (secondary N) is 2. The molecule has 0 aromatic heterocycles. The molecule has 0 heterocycles. The van der Waals surface area contributed by atoms with Crippen LogP contribution >= 0.6 is 11.6 Å². The van der Waals surface area contributed by atoms with Crippen LogP contribution in [0.3, 0.4) is 0 Å². The number of hydrogen-bond donors (Lipinski definition) is 2. The third-order valence-corrected chi connectivity index (χ3v) is 3.52. The molecular weight excluding hydrogens is 310 g/mol. The number of benzene rings is 2. The lowest BCUT2D eigenvalue weighted by molar-refractivity contribution is 0.340. The van der Waals surface area contributed by atoms with E-state index in [2.05, 4.69) is 21.7 Å². The fourth-order valence-corrected chi connectivity index (χ4v) is 2.23. The molecule has 0 aliphatic carbocycles. The zero-order chi connectivity index (χ0) is 16.5. The van der Waals surface area contributed by atoms with Gasteiger partial charge in [-0.1, -0.05) is 35.9 Å². The van der Waals surface area contributed by atoms with Crippen molar-refractivity contribution >= 4 is 17.6 Å². The highest BCUT2D eigenvalue weighted by molar-refractivity contribution is 6.30. The van der Waals surface area contributed by atoms with E-state index in [0.717, 1.165) is 27.9 Å². The highest BCUT2D eigenvalue weighted by atomic mass is 35.5. The molecule has 2 N–H and O–H groups in total. The SMILES string of the molecule is CCOc1cccc(CNC(=NC)NCc2ccc(Cl)cc2)c1. The number of nitrogens with zero attached hydrogens (tertiary/aromatic N) is 1. The van der Waals surface area contributed by atoms with Crippen LogP contribution in [-0.4, -0.2) is 19.6 Å². The minimum atomic E-state index is 0.668. The first kappa shape index (κ1) is 17.2. The smallest absolute Gasteiger partial charge is 0.191 e. The van der Waals surface area contributed by atoms with E-state index in [4.69, 9.17) is 16.3 Å². The Hall–Kier alpha value is -2.20. The van der Waals surface area contributed by atoms with Crippen LogP contribution in [0, 0.1) is 0 Å². The summed E-state index contributed by atoms with van der Waals surface area (Å²) in [6, 6.07) is 15.8. The molecule has 0 saturated carbocycles. The maximum Gasteiger partial charge on any atom is 0.191 e. The quantitative estimate of drug-likeness (QED) is 0.628. The molecule has 2 aromatic carbocycles. The van der Waals surface area contributed by atoms with Gasteiger partial charge in [0.15, 0.2) is 5.96 Å². The molecule has 122 valence electrons. The second-order valence-electron chi connectivity index (χ2n) is 4.99. The van der Waals surface area contributed by atoms with Gasteiger partial charge < -0.3 is 15.4 Å². The van der Waals surface area contributed by atoms with Gasteiger partial charge in [0.05, 0.1) is 6.61 Å². The third kappa shape index (κ3) is 5.83. The van der Waals surface area contributed by atoms with E-state index in [-0.39, 0.29) is 0 Å². The van der Waals surface area contributed by atoms with Crippen molar-refractivity contribution in [1.82, 2.24) is 10.6 Å². The molecule has 5 heteroatoms. The molecular formula is C18H22ClN3O. The molecule has 2 rings (SSSR count). The van der Waals surface area contributed by atoms with Gasteiger partial charge >= 0.3 is 0 Å². The lowest BCUT2D eigenvalue weighted by atomic mass is 10.2. The molecule has 0 unspecified atom stereocenters. The van der Waals surface area contributed by atoms with Gasteiger partial charge in [-0.25, -0.2) is 0 Å². The Labute approximate surface area is 142 Å². The number of rotatable bonds is 6. The standard InChI is InChI=1S/C18H22ClN3O/c1-3-23-17-6-4-5-15(11-17)13-22-18(20-2)21-12-14-7-9-16(19)10-8-14/h4-11H,3,12-13H2,1-2H3,(H2,20,21,22). The Kier molecular flexibility index (Phi) is 6.76. The molecule has 23 heavy (non-hydrogen) atoms. The molecule has 2 aromatic rings. The van der Waals surface area contributed by atoms with E-state index < -0.39 is 0 Å². The molecule has 0 radical (unpaired) electrons. The molecule has 0 atom stereocenters. The van der Waals surface area contributed by atoms with Gasteiger partial charge in [-0.3, -0.25) is 4.99 Å². The fraction of sp³-hybridized carbons (Fsp3) is 0.278. The minimum Gasteiger partial charge on any atom is -0.494 e. The Bertz CT molecular complexity index is 641. The topological polar surface area (TPSA) is 45.6 Å². The maximum atomic E-state index is 5.89. The van der Waals surface area contributed by atoms with Crippen molar-refractivity contribution < 1.29 is 4.74 Å². The normalized spacial score (nSPS) is 11.2. The first-order valence-electron chi connectivity index (χ1n) is 7.62. The first-order valence-corrected chi connectivity index (χ1v) is 7.99. The van der Waals surface area contributed by atoms with Crippen molar-refractivity contribution in [2.75, 3.05) is 13.7 Å². The summed E-state index contributed by atoms with van der Waals surface area (Å²) in [4.78, 5) is 4.23. The highest BCUT2D eigenvalue weighted by Gasteiger charge is 2.01. The van der Waals surface area contributed by atoms with Crippen molar-refractivity contribution in [1.29, 1.82) is 0 Å². The van der Waals surface area contributed by atoms with Crippen LogP contribution in [0.1, 0.15) is 18.1 Å². The summed E-state index contributed by atoms with van der Waals surface area (Å²) in [5, 5.41) is 7.31. The van der Waals surface area contributed by atoms with Crippen molar-refractivity contribution in [3.05, 3.63) is 64.7 Å². The average molecular weight is 332 g/mol. The fourth-order valence-electron chi connectivity index (χ4n) is 2.11. The van der Waals surface area contributed by atoms with Gasteiger partial charge in [0.2, 0.25) is 0 Å². The molecule has 0 amide bonds. The van der Waals surface area contributed by atoms with Gasteiger partial charge in [-0.2, -0.15) is 0 Å². The Morgan fingerprint density at radius 3 is 2.39 bits per heavy atom. The van der Waals surface area contributed by atoms with Crippen molar-refractivity contribution in [3.8, 4) is 5.75 Å². The van der Waals surface area contributed by atoms with Crippen LogP contribution in [0.2, 0.25) is 5.02 Å². The number of ether oxygens (including phenoxy) is 1. The second-order valence-corrected chi connectivity index (χ2v) is 5.42. The van der Waals surface area contributed by atoms with Crippen LogP contribution in [0.15, 0.2) is 53.5 Å². The largest absolute Gasteiger partial charge is 0.494 e. The molecule has 0 aliphatic heterocycles. The van der Waals surface area contributed by atoms with Crippen molar-refractivity contribution in [3.63, 3.8) is 0 Å². The molecule has 0 spiro atoms. The van der Waals surface area contributed by atoms with Gasteiger partial charge in [-0.15, -0.1) is 0 Å². The van der Waals surface area contributed by atoms with E-state index in [1.54, 1.807) is 7.05 Å². The highest BCUT2D eigenvalue weighted by Crippen LogP contribution is 2.13. The van der Waals surface area contributed by atoms with E-state index in [0.29, 0.717) is 19.7 Å². The zero-order valence-corrected chi connectivity index (χ0v) is 14.2. The summed E-state index contributed by atoms with van der Waals surface area (Å²) in [7, 11) is 1.76. The van der Waals surface area contributed by atoms with Crippen LogP contribution < -0.4 is 15.4 Å². The van der Waals surface area contributed by atoms with E-state index in [1.165, 1.54) is 0 Å². The lowest BCUT2D eigenvalue weighted by Gasteiger charge is -2.13. The monoisotopic (exact) mass is 331 g/mol. The average Bonchev–Trinajstić information content (AvgIpc) is 2.57. The summed E-state index contributed by atoms with van der Waals surface area (Å²) >= 11 is 5.89. The Balaban J connectivity index is 1.85. The molecule has 0 saturated heterocycles. The lowest BCUT2D eigenvalue weighted by Crippen LogP contribution is -2.36. The van der Waals surface area contributed by atoms with Gasteiger partial charge in [0.25, 0.3) is 0 Å². The number of halogens is 1. The van der Waals surface area contributed by atoms with Crippen LogP contribution in [-0.2, 0) is 13.1 Å². The molecule has 0 bridgehead atoms. The van der Waals surface area contributed by atoms with E-state index in [9.17, 15) is 0 Å². The summed E-state index contributed by atoms with van der Waals surface area (Å²) in [5.41, 5.74) is 2.29. The number of guanidine groups is 1. The van der Waals surface area contributed by atoms with Gasteiger partial charge in [-0.05, 0) is 42.3 Å². The molecule has 0 fully saturated rings. The third-order valence-electron chi connectivity index (χ3n) is 3.27. The predicted molar refractivity (Wildman–Crippen MR) is 96.1 cm³/mol. The second kappa shape index (κ2) is 9.06. The van der Waals surface area contributed by atoms with Gasteiger partial charge in [0, 0.05) is 25.2 Å². The zero-order valence-electron chi connectivity index (χ0n) is 13.5. The van der Waals surface area contributed by atoms with Crippen LogP contribution in [0.4, 0.5) is 0 Å². The van der Waals surface area contributed by atoms with E-state index >= 15 is 0 Å². The summed E-state index contributed by atoms with van der Waals surface area (Å²) in [6.07, 6.45) is 0. The Morgan fingerprint density at radius 1 is 1.04 bits per heavy atom. The molecule has 4 nitrogen and oxygen atoms in total. The van der Waals surface area contributed by atoms with Crippen molar-refractivity contribution in [2.45, 2.75) is 20.0 Å². The van der Waals surface area contributed by atoms with Crippen LogP contribution in [0.5, 0.6) is 5.75 Å². The predicted octanol–water partition coefficient (Wildman–Crippen LogP) is 3.60. The van der Waals surface area contributed by atoms with Gasteiger partial charge in [0.1, 0.15) is 5.75 Å². The van der Waals surface area contributed by atoms with Crippen LogP contribution in [0.25, 0.3) is 0 Å². The summed E-state index contributed by atoms with van der Waals surface area (Å²) in [5.74, 6) is 1.64. The minimum absolute atomic E-state index is 0.668. The first-order chi connectivity index (χ1) is 11.2.